The van der Waals surface area contributed by atoms with Gasteiger partial charge in [-0.3, -0.25) is 5.43 Å². The summed E-state index contributed by atoms with van der Waals surface area (Å²) in [4.78, 5) is 7.07. The quantitative estimate of drug-likeness (QED) is 0.648. The molecule has 0 bridgehead atoms. The van der Waals surface area contributed by atoms with Gasteiger partial charge in [-0.05, 0) is 12.1 Å². The maximum Gasteiger partial charge on any atom is 0.260 e. The van der Waals surface area contributed by atoms with Gasteiger partial charge < -0.3 is 4.74 Å². The number of hydrazine groups is 1. The number of nitrogens with one attached hydrogen (secondary N) is 1. The molecular formula is C10H7F3N4O. The predicted molar refractivity (Wildman–Crippen MR) is 56.2 cm³/mol. The van der Waals surface area contributed by atoms with Crippen LogP contribution in [0.4, 0.5) is 19.1 Å². The van der Waals surface area contributed by atoms with Crippen LogP contribution in [0, 0.1) is 17.5 Å². The second-order valence-electron chi connectivity index (χ2n) is 3.17. The molecular weight excluding hydrogens is 249 g/mol. The van der Waals surface area contributed by atoms with Crippen LogP contribution in [0.25, 0.3) is 0 Å². The van der Waals surface area contributed by atoms with Crippen LogP contribution in [-0.4, -0.2) is 9.97 Å². The number of halogens is 3. The van der Waals surface area contributed by atoms with Gasteiger partial charge in [0.2, 0.25) is 11.8 Å². The number of nitrogen functional groups attached to an aromatic ring is 1. The predicted octanol–water partition coefficient (Wildman–Crippen LogP) is 1.97. The van der Waals surface area contributed by atoms with Gasteiger partial charge in [-0.1, -0.05) is 0 Å². The molecule has 0 spiro atoms. The molecule has 2 rings (SSSR count). The lowest BCUT2D eigenvalue weighted by atomic mass is 10.3. The van der Waals surface area contributed by atoms with Crippen molar-refractivity contribution in [3.8, 4) is 11.6 Å². The Morgan fingerprint density at radius 1 is 1.11 bits per heavy atom. The zero-order valence-corrected chi connectivity index (χ0v) is 8.82. The first-order valence-electron chi connectivity index (χ1n) is 4.72. The van der Waals surface area contributed by atoms with E-state index in [0.717, 1.165) is 24.4 Å². The Bertz CT molecular complexity index is 579. The molecule has 1 aromatic carbocycles. The fourth-order valence-electron chi connectivity index (χ4n) is 1.14. The minimum absolute atomic E-state index is 0.0750. The normalized spacial score (nSPS) is 10.2. The zero-order chi connectivity index (χ0) is 13.1. The summed E-state index contributed by atoms with van der Waals surface area (Å²) in [5.74, 6) is 1.40. The first-order valence-corrected chi connectivity index (χ1v) is 4.72. The van der Waals surface area contributed by atoms with Crippen LogP contribution >= 0.6 is 0 Å². The molecule has 0 amide bonds. The summed E-state index contributed by atoms with van der Waals surface area (Å²) in [5.41, 5.74) is 2.10. The Morgan fingerprint density at radius 3 is 2.56 bits per heavy atom. The number of aromatic nitrogens is 2. The van der Waals surface area contributed by atoms with Crippen molar-refractivity contribution in [2.24, 2.45) is 5.84 Å². The standard InChI is InChI=1S/C10H7F3N4O/c11-6-2-1-5(3-7(6)12)18-9-8(13)4-15-10(16-9)17-14/h1-4H,14H2,(H,15,16,17). The van der Waals surface area contributed by atoms with Crippen LogP contribution in [0.3, 0.4) is 0 Å². The number of hydrogen-bond donors (Lipinski definition) is 2. The first kappa shape index (κ1) is 12.1. The maximum absolute atomic E-state index is 13.3. The molecule has 0 aliphatic rings. The third-order valence-corrected chi connectivity index (χ3v) is 1.95. The van der Waals surface area contributed by atoms with Crippen molar-refractivity contribution in [3.05, 3.63) is 41.8 Å². The summed E-state index contributed by atoms with van der Waals surface area (Å²) >= 11 is 0. The van der Waals surface area contributed by atoms with Crippen molar-refractivity contribution in [1.29, 1.82) is 0 Å². The summed E-state index contributed by atoms with van der Waals surface area (Å²) in [6.07, 6.45) is 0.831. The van der Waals surface area contributed by atoms with Crippen LogP contribution < -0.4 is 16.0 Å². The maximum atomic E-state index is 13.3. The number of anilines is 1. The van der Waals surface area contributed by atoms with E-state index in [-0.39, 0.29) is 11.7 Å². The van der Waals surface area contributed by atoms with Crippen LogP contribution in [-0.2, 0) is 0 Å². The average Bonchev–Trinajstić information content (AvgIpc) is 2.36. The molecule has 2 aromatic rings. The molecule has 1 aromatic heterocycles. The Hall–Kier alpha value is -2.35. The Kier molecular flexibility index (Phi) is 3.28. The number of benzene rings is 1. The van der Waals surface area contributed by atoms with Gasteiger partial charge in [0.25, 0.3) is 5.88 Å². The average molecular weight is 256 g/mol. The lowest BCUT2D eigenvalue weighted by molar-refractivity contribution is 0.413. The fourth-order valence-corrected chi connectivity index (χ4v) is 1.14. The largest absolute Gasteiger partial charge is 0.436 e. The molecule has 0 aliphatic heterocycles. The van der Waals surface area contributed by atoms with Gasteiger partial charge in [0.15, 0.2) is 11.6 Å². The SMILES string of the molecule is NNc1ncc(F)c(Oc2ccc(F)c(F)c2)n1. The molecule has 0 unspecified atom stereocenters. The van der Waals surface area contributed by atoms with E-state index in [1.807, 2.05) is 0 Å². The number of rotatable bonds is 3. The Morgan fingerprint density at radius 2 is 1.89 bits per heavy atom. The summed E-state index contributed by atoms with van der Waals surface area (Å²) in [6, 6.07) is 2.76. The smallest absolute Gasteiger partial charge is 0.260 e. The van der Waals surface area contributed by atoms with E-state index >= 15 is 0 Å². The van der Waals surface area contributed by atoms with Gasteiger partial charge in [0.05, 0.1) is 6.20 Å². The minimum atomic E-state index is -1.11. The zero-order valence-electron chi connectivity index (χ0n) is 8.82. The fraction of sp³-hybridized carbons (Fsp3) is 0. The van der Waals surface area contributed by atoms with Gasteiger partial charge in [-0.25, -0.2) is 19.6 Å². The van der Waals surface area contributed by atoms with Crippen LogP contribution in [0.5, 0.6) is 11.6 Å². The van der Waals surface area contributed by atoms with Gasteiger partial charge in [-0.15, -0.1) is 0 Å². The van der Waals surface area contributed by atoms with E-state index in [2.05, 4.69) is 15.4 Å². The lowest BCUT2D eigenvalue weighted by Crippen LogP contribution is -2.11. The highest BCUT2D eigenvalue weighted by molar-refractivity contribution is 5.32. The van der Waals surface area contributed by atoms with Crippen molar-refractivity contribution in [3.63, 3.8) is 0 Å². The van der Waals surface area contributed by atoms with E-state index in [1.165, 1.54) is 0 Å². The Labute approximate surface area is 99.4 Å². The van der Waals surface area contributed by atoms with Crippen molar-refractivity contribution in [2.45, 2.75) is 0 Å². The molecule has 94 valence electrons. The first-order chi connectivity index (χ1) is 8.60. The number of hydrogen-bond acceptors (Lipinski definition) is 5. The number of nitrogens with zero attached hydrogens (tertiary/aromatic N) is 2. The Balaban J connectivity index is 2.30. The third kappa shape index (κ3) is 2.48. The number of ether oxygens (including phenoxy) is 1. The minimum Gasteiger partial charge on any atom is -0.436 e. The van der Waals surface area contributed by atoms with E-state index in [9.17, 15) is 13.2 Å². The van der Waals surface area contributed by atoms with E-state index in [1.54, 1.807) is 0 Å². The monoisotopic (exact) mass is 256 g/mol. The van der Waals surface area contributed by atoms with Crippen LogP contribution in [0.2, 0.25) is 0 Å². The van der Waals surface area contributed by atoms with E-state index < -0.39 is 23.3 Å². The lowest BCUT2D eigenvalue weighted by Gasteiger charge is -2.06. The van der Waals surface area contributed by atoms with Gasteiger partial charge in [0, 0.05) is 6.07 Å². The molecule has 0 saturated carbocycles. The van der Waals surface area contributed by atoms with Crippen LogP contribution in [0.15, 0.2) is 24.4 Å². The molecule has 3 N–H and O–H groups in total. The van der Waals surface area contributed by atoms with Gasteiger partial charge >= 0.3 is 0 Å². The molecule has 8 heteroatoms. The molecule has 1 heterocycles. The second kappa shape index (κ2) is 4.88. The summed E-state index contributed by atoms with van der Waals surface area (Å²) < 4.78 is 43.8. The van der Waals surface area contributed by atoms with E-state index in [0.29, 0.717) is 0 Å². The number of nitrogens with two attached hydrogens (primary N) is 1. The van der Waals surface area contributed by atoms with Crippen molar-refractivity contribution >= 4 is 5.95 Å². The molecule has 0 atom stereocenters. The van der Waals surface area contributed by atoms with Crippen LogP contribution in [0.1, 0.15) is 0 Å². The van der Waals surface area contributed by atoms with Crippen molar-refractivity contribution in [1.82, 2.24) is 9.97 Å². The molecule has 0 saturated heterocycles. The highest BCUT2D eigenvalue weighted by Crippen LogP contribution is 2.24. The summed E-state index contributed by atoms with van der Waals surface area (Å²) in [5, 5.41) is 0. The highest BCUT2D eigenvalue weighted by atomic mass is 19.2. The topological polar surface area (TPSA) is 73.1 Å². The summed E-state index contributed by atoms with van der Waals surface area (Å²) in [6.45, 7) is 0. The highest BCUT2D eigenvalue weighted by Gasteiger charge is 2.10. The third-order valence-electron chi connectivity index (χ3n) is 1.95. The molecule has 5 nitrogen and oxygen atoms in total. The molecule has 0 aliphatic carbocycles. The van der Waals surface area contributed by atoms with E-state index in [4.69, 9.17) is 10.6 Å². The van der Waals surface area contributed by atoms with Crippen molar-refractivity contribution < 1.29 is 17.9 Å². The van der Waals surface area contributed by atoms with Crippen molar-refractivity contribution in [2.75, 3.05) is 5.43 Å². The second-order valence-corrected chi connectivity index (χ2v) is 3.17. The van der Waals surface area contributed by atoms with Gasteiger partial charge in [-0.2, -0.15) is 9.37 Å². The molecule has 0 radical (unpaired) electrons. The molecule has 0 fully saturated rings. The molecule has 18 heavy (non-hydrogen) atoms. The summed E-state index contributed by atoms with van der Waals surface area (Å²) in [7, 11) is 0. The van der Waals surface area contributed by atoms with Gasteiger partial charge in [0.1, 0.15) is 5.75 Å².